The number of nitrogens with zero attached hydrogens (tertiary/aromatic N) is 4. The standard InChI is InChI=1S/C23H29N5O2/c1-15(2)28-21(29)26-20(25-19-11-9-18(10-12-19)23(4,5)6)27(22(28)30)14-17-8-7-16(3)24-13-17/h7-13,15H,14H2,1-6H3,(H,25,26,29). The summed E-state index contributed by atoms with van der Waals surface area (Å²) in [5.74, 6) is 0.214. The van der Waals surface area contributed by atoms with Crippen LogP contribution in [0.5, 0.6) is 0 Å². The van der Waals surface area contributed by atoms with E-state index in [9.17, 15) is 9.59 Å². The van der Waals surface area contributed by atoms with Crippen LogP contribution in [0.15, 0.2) is 52.2 Å². The summed E-state index contributed by atoms with van der Waals surface area (Å²) in [5, 5.41) is 3.15. The molecule has 0 saturated heterocycles. The molecule has 7 heteroatoms. The second-order valence-corrected chi connectivity index (χ2v) is 8.81. The summed E-state index contributed by atoms with van der Waals surface area (Å²) in [7, 11) is 0. The van der Waals surface area contributed by atoms with Gasteiger partial charge in [0, 0.05) is 23.6 Å². The molecule has 0 aliphatic heterocycles. The highest BCUT2D eigenvalue weighted by atomic mass is 16.2. The fraction of sp³-hybridized carbons (Fsp3) is 0.391. The van der Waals surface area contributed by atoms with Gasteiger partial charge in [-0.2, -0.15) is 4.98 Å². The first-order valence-corrected chi connectivity index (χ1v) is 10.1. The van der Waals surface area contributed by atoms with E-state index in [2.05, 4.69) is 36.1 Å². The molecule has 1 aromatic carbocycles. The van der Waals surface area contributed by atoms with Gasteiger partial charge >= 0.3 is 11.4 Å². The molecule has 158 valence electrons. The van der Waals surface area contributed by atoms with E-state index in [1.54, 1.807) is 20.0 Å². The van der Waals surface area contributed by atoms with Crippen LogP contribution >= 0.6 is 0 Å². The van der Waals surface area contributed by atoms with Crippen molar-refractivity contribution in [1.29, 1.82) is 0 Å². The molecule has 0 amide bonds. The lowest BCUT2D eigenvalue weighted by atomic mass is 9.87. The van der Waals surface area contributed by atoms with E-state index in [1.165, 1.54) is 10.1 Å². The highest BCUT2D eigenvalue weighted by molar-refractivity contribution is 5.54. The van der Waals surface area contributed by atoms with Gasteiger partial charge in [0.15, 0.2) is 0 Å². The summed E-state index contributed by atoms with van der Waals surface area (Å²) in [6.07, 6.45) is 1.73. The van der Waals surface area contributed by atoms with Gasteiger partial charge in [-0.15, -0.1) is 0 Å². The smallest absolute Gasteiger partial charge is 0.325 e. The maximum Gasteiger partial charge on any atom is 0.355 e. The monoisotopic (exact) mass is 407 g/mol. The first kappa shape index (κ1) is 21.5. The van der Waals surface area contributed by atoms with E-state index < -0.39 is 11.4 Å². The lowest BCUT2D eigenvalue weighted by Crippen LogP contribution is -2.43. The predicted octanol–water partition coefficient (Wildman–Crippen LogP) is 3.78. The summed E-state index contributed by atoms with van der Waals surface area (Å²) in [6.45, 7) is 12.2. The van der Waals surface area contributed by atoms with Gasteiger partial charge in [0.05, 0.1) is 6.54 Å². The van der Waals surface area contributed by atoms with Gasteiger partial charge < -0.3 is 5.32 Å². The molecule has 1 N–H and O–H groups in total. The minimum atomic E-state index is -0.568. The van der Waals surface area contributed by atoms with Crippen LogP contribution in [0.2, 0.25) is 0 Å². The Hall–Kier alpha value is -3.22. The predicted molar refractivity (Wildman–Crippen MR) is 120 cm³/mol. The molecule has 2 heterocycles. The normalized spacial score (nSPS) is 11.7. The lowest BCUT2D eigenvalue weighted by Gasteiger charge is -2.20. The highest BCUT2D eigenvalue weighted by Gasteiger charge is 2.17. The zero-order valence-electron chi connectivity index (χ0n) is 18.4. The number of benzene rings is 1. The SMILES string of the molecule is Cc1ccc(Cn2c(Nc3ccc(C(C)(C)C)cc3)nc(=O)n(C(C)C)c2=O)cn1. The van der Waals surface area contributed by atoms with E-state index in [-0.39, 0.29) is 23.9 Å². The second kappa shape index (κ2) is 8.26. The summed E-state index contributed by atoms with van der Waals surface area (Å²) < 4.78 is 2.64. The molecule has 0 bridgehead atoms. The minimum absolute atomic E-state index is 0.0368. The highest BCUT2D eigenvalue weighted by Crippen LogP contribution is 2.24. The van der Waals surface area contributed by atoms with Gasteiger partial charge in [-0.25, -0.2) is 14.2 Å². The molecule has 7 nitrogen and oxygen atoms in total. The van der Waals surface area contributed by atoms with Gasteiger partial charge in [0.2, 0.25) is 5.95 Å². The molecule has 0 aliphatic carbocycles. The van der Waals surface area contributed by atoms with Crippen LogP contribution in [-0.2, 0) is 12.0 Å². The summed E-state index contributed by atoms with van der Waals surface area (Å²) in [6, 6.07) is 11.4. The Morgan fingerprint density at radius 3 is 2.23 bits per heavy atom. The molecule has 2 aromatic heterocycles. The largest absolute Gasteiger partial charge is 0.355 e. The minimum Gasteiger partial charge on any atom is -0.325 e. The summed E-state index contributed by atoms with van der Waals surface area (Å²) in [5.41, 5.74) is 2.76. The van der Waals surface area contributed by atoms with Crippen LogP contribution in [0.1, 0.15) is 57.5 Å². The average Bonchev–Trinajstić information content (AvgIpc) is 2.65. The van der Waals surface area contributed by atoms with E-state index >= 15 is 0 Å². The number of pyridine rings is 1. The number of aromatic nitrogens is 4. The van der Waals surface area contributed by atoms with E-state index in [4.69, 9.17) is 0 Å². The molecule has 0 aliphatic rings. The molecule has 0 fully saturated rings. The second-order valence-electron chi connectivity index (χ2n) is 8.81. The van der Waals surface area contributed by atoms with Crippen molar-refractivity contribution in [3.05, 3.63) is 80.4 Å². The maximum atomic E-state index is 13.1. The van der Waals surface area contributed by atoms with Crippen molar-refractivity contribution in [2.75, 3.05) is 5.32 Å². The molecule has 0 radical (unpaired) electrons. The fourth-order valence-corrected chi connectivity index (χ4v) is 3.14. The van der Waals surface area contributed by atoms with E-state index in [0.717, 1.165) is 21.5 Å². The first-order chi connectivity index (χ1) is 14.1. The molecule has 30 heavy (non-hydrogen) atoms. The lowest BCUT2D eigenvalue weighted by molar-refractivity contribution is 0.497. The number of nitrogens with one attached hydrogen (secondary N) is 1. The molecule has 3 rings (SSSR count). The van der Waals surface area contributed by atoms with Crippen LogP contribution in [0.3, 0.4) is 0 Å². The third-order valence-electron chi connectivity index (χ3n) is 4.94. The van der Waals surface area contributed by atoms with Crippen molar-refractivity contribution in [1.82, 2.24) is 19.1 Å². The Balaban J connectivity index is 2.05. The van der Waals surface area contributed by atoms with Gasteiger partial charge in [0.1, 0.15) is 0 Å². The van der Waals surface area contributed by atoms with Crippen molar-refractivity contribution < 1.29 is 0 Å². The van der Waals surface area contributed by atoms with E-state index in [1.807, 2.05) is 43.3 Å². The zero-order chi connectivity index (χ0) is 22.1. The molecule has 0 atom stereocenters. The van der Waals surface area contributed by atoms with Crippen molar-refractivity contribution in [2.45, 2.75) is 59.5 Å². The van der Waals surface area contributed by atoms with Crippen molar-refractivity contribution >= 4 is 11.6 Å². The first-order valence-electron chi connectivity index (χ1n) is 10.1. The molecule has 0 saturated carbocycles. The number of anilines is 2. The molecule has 0 spiro atoms. The molecule has 3 aromatic rings. The number of hydrogen-bond donors (Lipinski definition) is 1. The number of hydrogen-bond acceptors (Lipinski definition) is 5. The molecular weight excluding hydrogens is 378 g/mol. The quantitative estimate of drug-likeness (QED) is 0.696. The Labute approximate surface area is 176 Å². The van der Waals surface area contributed by atoms with Crippen LogP contribution in [0, 0.1) is 6.92 Å². The van der Waals surface area contributed by atoms with E-state index in [0.29, 0.717) is 0 Å². The topological polar surface area (TPSA) is 81.8 Å². The van der Waals surface area contributed by atoms with Gasteiger partial charge in [-0.05, 0) is 55.5 Å². The maximum absolute atomic E-state index is 13.1. The van der Waals surface area contributed by atoms with Crippen molar-refractivity contribution in [3.63, 3.8) is 0 Å². The summed E-state index contributed by atoms with van der Waals surface area (Å²) >= 11 is 0. The Bertz CT molecular complexity index is 1130. The van der Waals surface area contributed by atoms with Crippen molar-refractivity contribution in [3.8, 4) is 0 Å². The van der Waals surface area contributed by atoms with Crippen LogP contribution < -0.4 is 16.7 Å². The van der Waals surface area contributed by atoms with Gasteiger partial charge in [-0.3, -0.25) is 9.55 Å². The summed E-state index contributed by atoms with van der Waals surface area (Å²) in [4.78, 5) is 34.1. The van der Waals surface area contributed by atoms with Crippen LogP contribution in [-0.4, -0.2) is 19.1 Å². The Morgan fingerprint density at radius 2 is 1.70 bits per heavy atom. The van der Waals surface area contributed by atoms with Crippen molar-refractivity contribution in [2.24, 2.45) is 0 Å². The third-order valence-corrected chi connectivity index (χ3v) is 4.94. The average molecular weight is 408 g/mol. The molecular formula is C23H29N5O2. The third kappa shape index (κ3) is 4.67. The Kier molecular flexibility index (Phi) is 5.92. The van der Waals surface area contributed by atoms with Gasteiger partial charge in [0.25, 0.3) is 0 Å². The van der Waals surface area contributed by atoms with Crippen LogP contribution in [0.25, 0.3) is 0 Å². The van der Waals surface area contributed by atoms with Crippen LogP contribution in [0.4, 0.5) is 11.6 Å². The Morgan fingerprint density at radius 1 is 1.03 bits per heavy atom. The zero-order valence-corrected chi connectivity index (χ0v) is 18.4. The molecule has 0 unspecified atom stereocenters. The fourth-order valence-electron chi connectivity index (χ4n) is 3.14. The van der Waals surface area contributed by atoms with Gasteiger partial charge in [-0.1, -0.05) is 39.0 Å². The number of rotatable bonds is 5. The number of aryl methyl sites for hydroxylation is 1.